The van der Waals surface area contributed by atoms with Crippen LogP contribution < -0.4 is 0 Å². The van der Waals surface area contributed by atoms with Gasteiger partial charge in [0.2, 0.25) is 0 Å². The van der Waals surface area contributed by atoms with Crippen LogP contribution in [0.25, 0.3) is 82.5 Å². The fraction of sp³-hybridized carbons (Fsp3) is 0.0455. The Balaban J connectivity index is 1.33. The molecule has 0 bridgehead atoms. The molecule has 3 heteroatoms. The number of imidazole rings is 1. The van der Waals surface area contributed by atoms with E-state index < -0.39 is 0 Å². The van der Waals surface area contributed by atoms with E-state index in [-0.39, 0.29) is 0 Å². The third-order valence-electron chi connectivity index (χ3n) is 9.40. The number of pyridine rings is 1. The molecule has 0 radical (unpaired) electrons. The molecule has 2 heterocycles. The first-order valence-electron chi connectivity index (χ1n) is 16.2. The molecule has 47 heavy (non-hydrogen) atoms. The van der Waals surface area contributed by atoms with Gasteiger partial charge in [0.15, 0.2) is 0 Å². The minimum atomic E-state index is 0.838. The first-order valence-corrected chi connectivity index (χ1v) is 16.2. The number of aromatic nitrogens is 3. The van der Waals surface area contributed by atoms with Crippen LogP contribution >= 0.6 is 0 Å². The zero-order valence-electron chi connectivity index (χ0n) is 26.1. The SMILES string of the molecule is CCc1nc2ccccc2n1-c1ccc(-c2c3ccccc3c(-c3cccc4ccccc34)c3cc(-c4ccccc4)ccc23)nc1. The number of rotatable bonds is 5. The van der Waals surface area contributed by atoms with E-state index in [0.29, 0.717) is 0 Å². The lowest BCUT2D eigenvalue weighted by Crippen LogP contribution is -2.01. The molecule has 0 aliphatic rings. The summed E-state index contributed by atoms with van der Waals surface area (Å²) in [6.45, 7) is 2.15. The van der Waals surface area contributed by atoms with Crippen LogP contribution in [0.2, 0.25) is 0 Å². The average molecular weight is 602 g/mol. The van der Waals surface area contributed by atoms with Crippen molar-refractivity contribution in [2.24, 2.45) is 0 Å². The first kappa shape index (κ1) is 27.3. The molecule has 0 saturated heterocycles. The van der Waals surface area contributed by atoms with Crippen molar-refractivity contribution in [2.45, 2.75) is 13.3 Å². The van der Waals surface area contributed by atoms with Crippen molar-refractivity contribution in [1.29, 1.82) is 0 Å². The van der Waals surface area contributed by atoms with Gasteiger partial charge in [0, 0.05) is 12.0 Å². The van der Waals surface area contributed by atoms with Gasteiger partial charge in [-0.25, -0.2) is 4.98 Å². The van der Waals surface area contributed by atoms with Crippen LogP contribution in [0.1, 0.15) is 12.7 Å². The highest BCUT2D eigenvalue weighted by Crippen LogP contribution is 2.46. The summed E-state index contributed by atoms with van der Waals surface area (Å²) in [7, 11) is 0. The van der Waals surface area contributed by atoms with Crippen molar-refractivity contribution >= 4 is 43.4 Å². The maximum absolute atomic E-state index is 5.17. The quantitative estimate of drug-likeness (QED) is 0.184. The predicted molar refractivity (Wildman–Crippen MR) is 197 cm³/mol. The summed E-state index contributed by atoms with van der Waals surface area (Å²) < 4.78 is 2.23. The largest absolute Gasteiger partial charge is 0.295 e. The summed E-state index contributed by atoms with van der Waals surface area (Å²) in [5.74, 6) is 1.03. The van der Waals surface area contributed by atoms with Gasteiger partial charge in [-0.1, -0.05) is 128 Å². The van der Waals surface area contributed by atoms with Gasteiger partial charge in [-0.3, -0.25) is 9.55 Å². The van der Waals surface area contributed by atoms with Crippen molar-refractivity contribution in [3.05, 3.63) is 164 Å². The lowest BCUT2D eigenvalue weighted by molar-refractivity contribution is 0.904. The van der Waals surface area contributed by atoms with Crippen molar-refractivity contribution in [3.8, 4) is 39.2 Å². The normalized spacial score (nSPS) is 11.6. The van der Waals surface area contributed by atoms with Crippen molar-refractivity contribution in [1.82, 2.24) is 14.5 Å². The van der Waals surface area contributed by atoms with Crippen LogP contribution in [0, 0.1) is 0 Å². The third kappa shape index (κ3) is 4.43. The van der Waals surface area contributed by atoms with E-state index in [1.807, 2.05) is 12.3 Å². The van der Waals surface area contributed by atoms with E-state index >= 15 is 0 Å². The fourth-order valence-corrected chi connectivity index (χ4v) is 7.27. The van der Waals surface area contributed by atoms with Gasteiger partial charge in [0.25, 0.3) is 0 Å². The Bertz CT molecular complexity index is 2590. The molecule has 0 aliphatic carbocycles. The summed E-state index contributed by atoms with van der Waals surface area (Å²) in [5, 5.41) is 7.31. The van der Waals surface area contributed by atoms with Gasteiger partial charge in [-0.15, -0.1) is 0 Å². The number of hydrogen-bond donors (Lipinski definition) is 0. The number of hydrogen-bond acceptors (Lipinski definition) is 2. The monoisotopic (exact) mass is 601 g/mol. The second-order valence-corrected chi connectivity index (χ2v) is 12.1. The van der Waals surface area contributed by atoms with Crippen LogP contribution in [0.3, 0.4) is 0 Å². The van der Waals surface area contributed by atoms with Gasteiger partial charge in [-0.05, 0) is 84.9 Å². The maximum Gasteiger partial charge on any atom is 0.114 e. The van der Waals surface area contributed by atoms with Crippen molar-refractivity contribution in [2.75, 3.05) is 0 Å². The fourth-order valence-electron chi connectivity index (χ4n) is 7.27. The summed E-state index contributed by atoms with van der Waals surface area (Å²) in [6.07, 6.45) is 2.84. The predicted octanol–water partition coefficient (Wildman–Crippen LogP) is 11.4. The lowest BCUT2D eigenvalue weighted by Gasteiger charge is -2.19. The standard InChI is InChI=1S/C44H31N3/c1-2-42-46-39-21-10-11-22-41(39)47(42)32-24-26-40(45-28-32)44-36-19-9-8-18-35(36)43(34-20-12-16-30-15-6-7-17-33(30)34)38-27-31(23-25-37(38)44)29-13-4-3-5-14-29/h3-28H,2H2,1H3. The van der Waals surface area contributed by atoms with E-state index in [1.165, 1.54) is 54.6 Å². The van der Waals surface area contributed by atoms with Gasteiger partial charge in [0.1, 0.15) is 5.82 Å². The highest BCUT2D eigenvalue weighted by Gasteiger charge is 2.20. The van der Waals surface area contributed by atoms with Crippen molar-refractivity contribution in [3.63, 3.8) is 0 Å². The van der Waals surface area contributed by atoms with Gasteiger partial charge >= 0.3 is 0 Å². The summed E-state index contributed by atoms with van der Waals surface area (Å²) >= 11 is 0. The molecule has 0 N–H and O–H groups in total. The Morgan fingerprint density at radius 3 is 2.04 bits per heavy atom. The van der Waals surface area contributed by atoms with E-state index in [9.17, 15) is 0 Å². The smallest absolute Gasteiger partial charge is 0.114 e. The second kappa shape index (κ2) is 11.1. The topological polar surface area (TPSA) is 30.7 Å². The van der Waals surface area contributed by atoms with Crippen LogP contribution in [0.5, 0.6) is 0 Å². The average Bonchev–Trinajstić information content (AvgIpc) is 3.53. The third-order valence-corrected chi connectivity index (χ3v) is 9.40. The van der Waals surface area contributed by atoms with Crippen LogP contribution in [0.4, 0.5) is 0 Å². The zero-order chi connectivity index (χ0) is 31.3. The number of aryl methyl sites for hydroxylation is 1. The Labute approximate surface area is 273 Å². The molecule has 3 nitrogen and oxygen atoms in total. The minimum absolute atomic E-state index is 0.838. The molecule has 7 aromatic carbocycles. The highest BCUT2D eigenvalue weighted by molar-refractivity contribution is 6.23. The number of benzene rings is 7. The van der Waals surface area contributed by atoms with Crippen LogP contribution in [-0.2, 0) is 6.42 Å². The Morgan fingerprint density at radius 1 is 0.532 bits per heavy atom. The molecule has 0 fully saturated rings. The van der Waals surface area contributed by atoms with Crippen LogP contribution in [-0.4, -0.2) is 14.5 Å². The summed E-state index contributed by atoms with van der Waals surface area (Å²) in [4.78, 5) is 10.1. The number of para-hydroxylation sites is 2. The van der Waals surface area contributed by atoms with Crippen LogP contribution in [0.15, 0.2) is 158 Å². The van der Waals surface area contributed by atoms with E-state index in [1.54, 1.807) is 0 Å². The Kier molecular flexibility index (Phi) is 6.43. The van der Waals surface area contributed by atoms with Gasteiger partial charge in [0.05, 0.1) is 28.6 Å². The Morgan fingerprint density at radius 2 is 1.23 bits per heavy atom. The molecule has 0 unspecified atom stereocenters. The molecule has 9 rings (SSSR count). The minimum Gasteiger partial charge on any atom is -0.295 e. The molecular formula is C44H31N3. The molecule has 0 aliphatic heterocycles. The molecule has 0 amide bonds. The zero-order valence-corrected chi connectivity index (χ0v) is 26.1. The first-order chi connectivity index (χ1) is 23.3. The molecular weight excluding hydrogens is 571 g/mol. The lowest BCUT2D eigenvalue weighted by atomic mass is 9.84. The molecule has 0 atom stereocenters. The molecule has 222 valence electrons. The Hall–Kier alpha value is -6.06. The van der Waals surface area contributed by atoms with E-state index in [2.05, 4.69) is 157 Å². The highest BCUT2D eigenvalue weighted by atomic mass is 15.1. The van der Waals surface area contributed by atoms with E-state index in [4.69, 9.17) is 9.97 Å². The molecule has 0 saturated carbocycles. The summed E-state index contributed by atoms with van der Waals surface area (Å²) in [5.41, 5.74) is 10.1. The molecule has 0 spiro atoms. The van der Waals surface area contributed by atoms with Crippen molar-refractivity contribution < 1.29 is 0 Å². The molecule has 2 aromatic heterocycles. The second-order valence-electron chi connectivity index (χ2n) is 12.1. The maximum atomic E-state index is 5.17. The molecule has 9 aromatic rings. The van der Waals surface area contributed by atoms with E-state index in [0.717, 1.165) is 40.2 Å². The van der Waals surface area contributed by atoms with Gasteiger partial charge in [-0.2, -0.15) is 0 Å². The number of nitrogens with zero attached hydrogens (tertiary/aromatic N) is 3. The van der Waals surface area contributed by atoms with Gasteiger partial charge < -0.3 is 0 Å². The number of fused-ring (bicyclic) bond motifs is 4. The summed E-state index contributed by atoms with van der Waals surface area (Å²) in [6, 6.07) is 54.4.